The number of nitrogens with zero attached hydrogens (tertiary/aromatic N) is 6. The number of hydrogen-bond acceptors (Lipinski definition) is 5. The molecule has 3 aromatic rings. The van der Waals surface area contributed by atoms with Gasteiger partial charge in [-0.15, -0.1) is 5.10 Å². The minimum atomic E-state index is -1.18. The molecule has 0 fully saturated rings. The zero-order valence-electron chi connectivity index (χ0n) is 10.1. The molecule has 0 saturated carbocycles. The molecule has 3 heterocycles. The summed E-state index contributed by atoms with van der Waals surface area (Å²) in [5.41, 5.74) is 1.34. The standard InChI is InChI=1S/C11H10N6O2/c1-2-16-6-4-7(14-16)8-3-5-12-11-13-9(10(18)19)15-17(8)11/h3-6H,2H2,1H3,(H,18,19). The predicted molar refractivity (Wildman–Crippen MR) is 64.6 cm³/mol. The van der Waals surface area contributed by atoms with Crippen molar-refractivity contribution in [3.8, 4) is 11.4 Å². The Labute approximate surface area is 107 Å². The molecule has 8 heteroatoms. The number of aromatic carboxylic acids is 1. The van der Waals surface area contributed by atoms with E-state index >= 15 is 0 Å². The first-order chi connectivity index (χ1) is 9.19. The van der Waals surface area contributed by atoms with Gasteiger partial charge < -0.3 is 5.11 Å². The first-order valence-corrected chi connectivity index (χ1v) is 5.68. The molecule has 0 aliphatic carbocycles. The van der Waals surface area contributed by atoms with Crippen LogP contribution in [-0.2, 0) is 6.54 Å². The maximum Gasteiger partial charge on any atom is 0.375 e. The van der Waals surface area contributed by atoms with Crippen molar-refractivity contribution in [3.63, 3.8) is 0 Å². The van der Waals surface area contributed by atoms with E-state index in [9.17, 15) is 4.79 Å². The molecule has 19 heavy (non-hydrogen) atoms. The average Bonchev–Trinajstić information content (AvgIpc) is 3.04. The second-order valence-electron chi connectivity index (χ2n) is 3.84. The van der Waals surface area contributed by atoms with Crippen LogP contribution in [0, 0.1) is 0 Å². The summed E-state index contributed by atoms with van der Waals surface area (Å²) in [5, 5.41) is 17.2. The molecule has 0 aromatic carbocycles. The average molecular weight is 258 g/mol. The number of rotatable bonds is 3. The van der Waals surface area contributed by atoms with E-state index in [4.69, 9.17) is 5.11 Å². The van der Waals surface area contributed by atoms with Gasteiger partial charge in [0.1, 0.15) is 5.69 Å². The van der Waals surface area contributed by atoms with E-state index in [2.05, 4.69) is 20.2 Å². The second-order valence-corrected chi connectivity index (χ2v) is 3.84. The molecule has 0 spiro atoms. The van der Waals surface area contributed by atoms with Crippen LogP contribution in [0.4, 0.5) is 0 Å². The highest BCUT2D eigenvalue weighted by molar-refractivity contribution is 5.83. The molecule has 96 valence electrons. The molecule has 0 radical (unpaired) electrons. The number of carboxylic acids is 1. The monoisotopic (exact) mass is 258 g/mol. The van der Waals surface area contributed by atoms with E-state index in [-0.39, 0.29) is 11.6 Å². The third kappa shape index (κ3) is 1.82. The van der Waals surface area contributed by atoms with Gasteiger partial charge in [0.2, 0.25) is 0 Å². The van der Waals surface area contributed by atoms with E-state index in [1.165, 1.54) is 4.52 Å². The Kier molecular flexibility index (Phi) is 2.48. The van der Waals surface area contributed by atoms with Crippen molar-refractivity contribution in [3.05, 3.63) is 30.4 Å². The van der Waals surface area contributed by atoms with Gasteiger partial charge in [0.05, 0.1) is 5.69 Å². The Balaban J connectivity index is 2.20. The zero-order valence-corrected chi connectivity index (χ0v) is 10.1. The maximum absolute atomic E-state index is 10.9. The van der Waals surface area contributed by atoms with Crippen LogP contribution in [-0.4, -0.2) is 40.4 Å². The van der Waals surface area contributed by atoms with Gasteiger partial charge in [0, 0.05) is 18.9 Å². The zero-order chi connectivity index (χ0) is 13.4. The smallest absolute Gasteiger partial charge is 0.375 e. The molecule has 3 rings (SSSR count). The number of carbonyl (C=O) groups is 1. The summed E-state index contributed by atoms with van der Waals surface area (Å²) in [6.07, 6.45) is 3.40. The van der Waals surface area contributed by atoms with Gasteiger partial charge in [-0.1, -0.05) is 0 Å². The normalized spacial score (nSPS) is 11.0. The van der Waals surface area contributed by atoms with Gasteiger partial charge in [-0.2, -0.15) is 14.6 Å². The Morgan fingerprint density at radius 2 is 2.21 bits per heavy atom. The van der Waals surface area contributed by atoms with E-state index in [0.29, 0.717) is 11.4 Å². The lowest BCUT2D eigenvalue weighted by Gasteiger charge is -1.99. The lowest BCUT2D eigenvalue weighted by molar-refractivity contribution is 0.0684. The van der Waals surface area contributed by atoms with Crippen molar-refractivity contribution < 1.29 is 9.90 Å². The minimum absolute atomic E-state index is 0.237. The van der Waals surface area contributed by atoms with Gasteiger partial charge in [-0.25, -0.2) is 9.78 Å². The first kappa shape index (κ1) is 11.3. The SMILES string of the molecule is CCn1ccc(-c2ccnc3nc(C(=O)O)nn23)n1. The molecular weight excluding hydrogens is 248 g/mol. The van der Waals surface area contributed by atoms with Crippen LogP contribution in [0.25, 0.3) is 17.2 Å². The highest BCUT2D eigenvalue weighted by atomic mass is 16.4. The van der Waals surface area contributed by atoms with Gasteiger partial charge in [0.25, 0.3) is 11.6 Å². The van der Waals surface area contributed by atoms with Crippen molar-refractivity contribution in [1.29, 1.82) is 0 Å². The molecular formula is C11H10N6O2. The van der Waals surface area contributed by atoms with Crippen molar-refractivity contribution in [2.45, 2.75) is 13.5 Å². The Morgan fingerprint density at radius 3 is 2.89 bits per heavy atom. The first-order valence-electron chi connectivity index (χ1n) is 5.68. The highest BCUT2D eigenvalue weighted by Gasteiger charge is 2.15. The number of hydrogen-bond donors (Lipinski definition) is 1. The Hall–Kier alpha value is -2.77. The van der Waals surface area contributed by atoms with Crippen molar-refractivity contribution in [2.24, 2.45) is 0 Å². The van der Waals surface area contributed by atoms with Crippen LogP contribution >= 0.6 is 0 Å². The van der Waals surface area contributed by atoms with Gasteiger partial charge in [-0.05, 0) is 19.1 Å². The largest absolute Gasteiger partial charge is 0.475 e. The van der Waals surface area contributed by atoms with Gasteiger partial charge >= 0.3 is 5.97 Å². The number of fused-ring (bicyclic) bond motifs is 1. The van der Waals surface area contributed by atoms with Crippen LogP contribution in [0.1, 0.15) is 17.5 Å². The Morgan fingerprint density at radius 1 is 1.37 bits per heavy atom. The van der Waals surface area contributed by atoms with Crippen LogP contribution in [0.3, 0.4) is 0 Å². The molecule has 8 nitrogen and oxygen atoms in total. The summed E-state index contributed by atoms with van der Waals surface area (Å²) in [6, 6.07) is 3.55. The fourth-order valence-corrected chi connectivity index (χ4v) is 1.75. The second kappa shape index (κ2) is 4.16. The Bertz CT molecular complexity index is 759. The minimum Gasteiger partial charge on any atom is -0.475 e. The van der Waals surface area contributed by atoms with E-state index < -0.39 is 5.97 Å². The quantitative estimate of drug-likeness (QED) is 0.742. The highest BCUT2D eigenvalue weighted by Crippen LogP contribution is 2.16. The summed E-state index contributed by atoms with van der Waals surface area (Å²) < 4.78 is 3.16. The molecule has 0 aliphatic rings. The fraction of sp³-hybridized carbons (Fsp3) is 0.182. The van der Waals surface area contributed by atoms with E-state index in [1.54, 1.807) is 16.9 Å². The molecule has 1 N–H and O–H groups in total. The lowest BCUT2D eigenvalue weighted by Crippen LogP contribution is -2.01. The van der Waals surface area contributed by atoms with E-state index in [0.717, 1.165) is 6.54 Å². The maximum atomic E-state index is 10.9. The van der Waals surface area contributed by atoms with Crippen LogP contribution in [0.15, 0.2) is 24.5 Å². The van der Waals surface area contributed by atoms with Crippen LogP contribution in [0.5, 0.6) is 0 Å². The van der Waals surface area contributed by atoms with Crippen LogP contribution < -0.4 is 0 Å². The van der Waals surface area contributed by atoms with Crippen molar-refractivity contribution >= 4 is 11.7 Å². The third-order valence-corrected chi connectivity index (χ3v) is 2.66. The summed E-state index contributed by atoms with van der Waals surface area (Å²) in [5.74, 6) is -1.23. The lowest BCUT2D eigenvalue weighted by atomic mass is 10.3. The number of aryl methyl sites for hydroxylation is 1. The number of aromatic nitrogens is 6. The van der Waals surface area contributed by atoms with Crippen LogP contribution in [0.2, 0.25) is 0 Å². The summed E-state index contributed by atoms with van der Waals surface area (Å²) in [7, 11) is 0. The molecule has 0 saturated heterocycles. The molecule has 0 unspecified atom stereocenters. The third-order valence-electron chi connectivity index (χ3n) is 2.66. The molecule has 0 amide bonds. The summed E-state index contributed by atoms with van der Waals surface area (Å²) in [6.45, 7) is 2.74. The van der Waals surface area contributed by atoms with Crippen molar-refractivity contribution in [2.75, 3.05) is 0 Å². The molecule has 0 atom stereocenters. The topological polar surface area (TPSA) is 98.2 Å². The molecule has 3 aromatic heterocycles. The van der Waals surface area contributed by atoms with E-state index in [1.807, 2.05) is 19.2 Å². The van der Waals surface area contributed by atoms with Gasteiger partial charge in [0.15, 0.2) is 0 Å². The van der Waals surface area contributed by atoms with Crippen molar-refractivity contribution in [1.82, 2.24) is 29.4 Å². The summed E-state index contributed by atoms with van der Waals surface area (Å²) in [4.78, 5) is 18.7. The predicted octanol–water partition coefficient (Wildman–Crippen LogP) is 0.706. The number of carboxylic acid groups (broad SMARTS) is 1. The molecule has 0 bridgehead atoms. The molecule has 0 aliphatic heterocycles. The summed E-state index contributed by atoms with van der Waals surface area (Å²) >= 11 is 0. The van der Waals surface area contributed by atoms with Gasteiger partial charge in [-0.3, -0.25) is 4.68 Å². The fourth-order valence-electron chi connectivity index (χ4n) is 1.75.